The zero-order valence-electron chi connectivity index (χ0n) is 35.5. The molecule has 2 unspecified atom stereocenters. The molecule has 1 heterocycles. The summed E-state index contributed by atoms with van der Waals surface area (Å²) in [7, 11) is 0. The van der Waals surface area contributed by atoms with Crippen molar-refractivity contribution in [1.82, 2.24) is 5.32 Å². The number of hydrogen-bond donors (Lipinski definition) is 4. The number of esters is 3. The molecule has 0 spiro atoms. The number of benzene rings is 3. The highest BCUT2D eigenvalue weighted by molar-refractivity contribution is 5.98. The largest absolute Gasteiger partial charge is 0.456 e. The zero-order chi connectivity index (χ0) is 44.9. The first-order valence-electron chi connectivity index (χ1n) is 20.8. The lowest BCUT2D eigenvalue weighted by Gasteiger charge is -2.68. The van der Waals surface area contributed by atoms with Gasteiger partial charge in [0.2, 0.25) is 0 Å². The van der Waals surface area contributed by atoms with Gasteiger partial charge >= 0.3 is 17.9 Å². The molecule has 14 nitrogen and oxygen atoms in total. The van der Waals surface area contributed by atoms with E-state index in [-0.39, 0.29) is 29.7 Å². The summed E-state index contributed by atoms with van der Waals surface area (Å²) in [6, 6.07) is 23.6. The number of nitrogens with one attached hydrogen (secondary N) is 1. The van der Waals surface area contributed by atoms with Gasteiger partial charge in [0.05, 0.1) is 29.8 Å². The second-order valence-electron chi connectivity index (χ2n) is 17.8. The van der Waals surface area contributed by atoms with E-state index in [9.17, 15) is 39.3 Å². The molecule has 4 aliphatic rings. The Morgan fingerprint density at radius 2 is 1.44 bits per heavy atom. The average molecular weight is 852 g/mol. The van der Waals surface area contributed by atoms with Crippen molar-refractivity contribution in [3.8, 4) is 0 Å². The maximum Gasteiger partial charge on any atom is 0.338 e. The Morgan fingerprint density at radius 1 is 0.855 bits per heavy atom. The first-order valence-corrected chi connectivity index (χ1v) is 20.8. The van der Waals surface area contributed by atoms with E-state index in [1.54, 1.807) is 112 Å². The fraction of sp³-hybridized carbons (Fsp3) is 0.458. The van der Waals surface area contributed by atoms with Crippen LogP contribution in [0.1, 0.15) is 93.1 Å². The number of fused-ring (bicyclic) bond motifs is 5. The minimum atomic E-state index is -2.17. The van der Waals surface area contributed by atoms with Crippen LogP contribution in [0.5, 0.6) is 0 Å². The average Bonchev–Trinajstić information content (AvgIpc) is 3.24. The molecule has 1 aliphatic heterocycles. The van der Waals surface area contributed by atoms with E-state index in [0.717, 1.165) is 6.92 Å². The molecule has 3 aromatic rings. The lowest BCUT2D eigenvalue weighted by Crippen LogP contribution is -2.80. The van der Waals surface area contributed by atoms with Crippen molar-refractivity contribution < 1.29 is 63.0 Å². The monoisotopic (exact) mass is 851 g/mol. The highest BCUT2D eigenvalue weighted by Crippen LogP contribution is 2.66. The molecule has 4 N–H and O–H groups in total. The number of aliphatic hydroxyl groups is 3. The lowest BCUT2D eigenvalue weighted by molar-refractivity contribution is -0.339. The van der Waals surface area contributed by atoms with Gasteiger partial charge in [-0.3, -0.25) is 24.0 Å². The van der Waals surface area contributed by atoms with E-state index in [1.165, 1.54) is 13.8 Å². The number of ketones is 2. The van der Waals surface area contributed by atoms with E-state index in [2.05, 4.69) is 5.32 Å². The van der Waals surface area contributed by atoms with Gasteiger partial charge in [-0.15, -0.1) is 0 Å². The summed E-state index contributed by atoms with van der Waals surface area (Å²) in [4.78, 5) is 83.8. The molecule has 0 aromatic heterocycles. The maximum atomic E-state index is 15.5. The van der Waals surface area contributed by atoms with Crippen LogP contribution in [-0.2, 0) is 38.1 Å². The van der Waals surface area contributed by atoms with Crippen LogP contribution in [0.4, 0.5) is 0 Å². The second-order valence-corrected chi connectivity index (χ2v) is 17.8. The van der Waals surface area contributed by atoms with Crippen molar-refractivity contribution in [2.45, 2.75) is 109 Å². The molecule has 1 saturated heterocycles. The first-order chi connectivity index (χ1) is 29.3. The summed E-state index contributed by atoms with van der Waals surface area (Å²) in [5.41, 5.74) is -6.03. The van der Waals surface area contributed by atoms with Gasteiger partial charge in [0.25, 0.3) is 5.91 Å². The normalized spacial score (nSPS) is 31.9. The molecule has 14 heteroatoms. The molecule has 1 amide bonds. The molecule has 11 atom stereocenters. The first kappa shape index (κ1) is 44.5. The van der Waals surface area contributed by atoms with Crippen molar-refractivity contribution in [3.05, 3.63) is 119 Å². The van der Waals surface area contributed by atoms with Crippen LogP contribution in [0, 0.1) is 22.7 Å². The summed E-state index contributed by atoms with van der Waals surface area (Å²) in [5.74, 6) is -7.22. The van der Waals surface area contributed by atoms with Crippen LogP contribution in [0.25, 0.3) is 0 Å². The Labute approximate surface area is 359 Å². The van der Waals surface area contributed by atoms with E-state index in [4.69, 9.17) is 18.9 Å². The van der Waals surface area contributed by atoms with Crippen molar-refractivity contribution in [2.24, 2.45) is 22.7 Å². The molecular weight excluding hydrogens is 799 g/mol. The number of carbonyl (C=O) groups excluding carboxylic acids is 6. The molecule has 3 aliphatic carbocycles. The third-order valence-corrected chi connectivity index (χ3v) is 14.0. The van der Waals surface area contributed by atoms with E-state index in [1.807, 2.05) is 0 Å². The maximum absolute atomic E-state index is 15.5. The van der Waals surface area contributed by atoms with Gasteiger partial charge in [0.1, 0.15) is 12.2 Å². The summed E-state index contributed by atoms with van der Waals surface area (Å²) < 4.78 is 24.1. The SMILES string of the molecule is CC(=O)O[C@H]1C(=O)[C@@]2(C)C([C@H](CC(=O)c3ccccc3)[C@]3(O)C[C@H](OC(=O)[C@H](O)C(NC(=O)c4ccccc4)c4ccccc4)C(C)=C1C3(C)C)[C@]1(OC(C)=O)CO[C@@H]1C[C@@H]2O. The summed E-state index contributed by atoms with van der Waals surface area (Å²) >= 11 is 0. The smallest absolute Gasteiger partial charge is 0.338 e. The van der Waals surface area contributed by atoms with Crippen LogP contribution in [0.2, 0.25) is 0 Å². The highest BCUT2D eigenvalue weighted by atomic mass is 16.6. The number of hydrogen-bond acceptors (Lipinski definition) is 13. The summed E-state index contributed by atoms with van der Waals surface area (Å²) in [5, 5.41) is 40.5. The van der Waals surface area contributed by atoms with Gasteiger partial charge < -0.3 is 39.6 Å². The molecule has 3 aromatic carbocycles. The van der Waals surface area contributed by atoms with Gasteiger partial charge in [0.15, 0.2) is 29.4 Å². The lowest BCUT2D eigenvalue weighted by atomic mass is 9.42. The van der Waals surface area contributed by atoms with E-state index >= 15 is 4.79 Å². The Balaban J connectivity index is 1.39. The Hall–Kier alpha value is -5.54. The molecule has 7 rings (SSSR count). The van der Waals surface area contributed by atoms with Crippen LogP contribution in [0.3, 0.4) is 0 Å². The topological polar surface area (TPSA) is 212 Å². The third-order valence-electron chi connectivity index (χ3n) is 14.0. The fourth-order valence-corrected chi connectivity index (χ4v) is 10.8. The molecule has 2 saturated carbocycles. The van der Waals surface area contributed by atoms with Crippen LogP contribution in [0.15, 0.2) is 102 Å². The molecule has 2 bridgehead atoms. The molecule has 62 heavy (non-hydrogen) atoms. The highest BCUT2D eigenvalue weighted by Gasteiger charge is 2.77. The number of aliphatic hydroxyl groups excluding tert-OH is 2. The van der Waals surface area contributed by atoms with Gasteiger partial charge in [-0.1, -0.05) is 92.7 Å². The van der Waals surface area contributed by atoms with Gasteiger partial charge in [-0.25, -0.2) is 4.79 Å². The molecule has 0 radical (unpaired) electrons. The van der Waals surface area contributed by atoms with Gasteiger partial charge in [-0.05, 0) is 42.7 Å². The van der Waals surface area contributed by atoms with E-state index < -0.39 is 119 Å². The van der Waals surface area contributed by atoms with Crippen molar-refractivity contribution >= 4 is 35.4 Å². The number of carbonyl (C=O) groups is 6. The Bertz CT molecular complexity index is 2280. The second kappa shape index (κ2) is 16.6. The van der Waals surface area contributed by atoms with Crippen molar-refractivity contribution in [3.63, 3.8) is 0 Å². The predicted octanol–water partition coefficient (Wildman–Crippen LogP) is 4.40. The fourth-order valence-electron chi connectivity index (χ4n) is 10.8. The number of Topliss-reactive ketones (excluding diaryl/α,β-unsaturated/α-hetero) is 2. The predicted molar refractivity (Wildman–Crippen MR) is 221 cm³/mol. The van der Waals surface area contributed by atoms with Crippen LogP contribution < -0.4 is 5.32 Å². The summed E-state index contributed by atoms with van der Waals surface area (Å²) in [6.07, 6.45) is -8.61. The molecule has 3 fully saturated rings. The zero-order valence-corrected chi connectivity index (χ0v) is 35.5. The summed E-state index contributed by atoms with van der Waals surface area (Å²) in [6.45, 7) is 8.40. The van der Waals surface area contributed by atoms with Crippen molar-refractivity contribution in [1.29, 1.82) is 0 Å². The minimum absolute atomic E-state index is 0.0771. The standard InChI is InChI=1S/C48H53NO13/c1-26-34(61-44(57)39(54)38(30-18-12-8-13-19-30)49-43(56)31-20-14-9-15-21-31)24-48(58)32(22-33(52)29-16-10-7-11-17-29)41-46(6,35(53)23-36-47(41,25-59-36)62-28(3)51)42(55)40(60-27(2)50)37(26)45(48,4)5/h7-21,32,34-36,38-41,53-54,58H,22-25H2,1-6H3,(H,49,56)/t32-,34-,35-,36+,38?,39+,40+,41?,46+,47-,48+/m0/s1. The number of ether oxygens (including phenoxy) is 4. The molecular formula is C48H53NO13. The van der Waals surface area contributed by atoms with Gasteiger partial charge in [0, 0.05) is 61.5 Å². The minimum Gasteiger partial charge on any atom is -0.456 e. The van der Waals surface area contributed by atoms with Crippen LogP contribution in [-0.4, -0.2) is 99.0 Å². The number of amides is 1. The Kier molecular flexibility index (Phi) is 11.9. The van der Waals surface area contributed by atoms with E-state index in [0.29, 0.717) is 11.1 Å². The number of rotatable bonds is 11. The quantitative estimate of drug-likeness (QED) is 0.0914. The third kappa shape index (κ3) is 7.36. The van der Waals surface area contributed by atoms with Gasteiger partial charge in [-0.2, -0.15) is 0 Å². The Morgan fingerprint density at radius 3 is 1.98 bits per heavy atom. The van der Waals surface area contributed by atoms with Crippen molar-refractivity contribution in [2.75, 3.05) is 6.61 Å². The molecule has 328 valence electrons. The van der Waals surface area contributed by atoms with Crippen LogP contribution >= 0.6 is 0 Å².